The Kier molecular flexibility index (Phi) is 8.60. The van der Waals surface area contributed by atoms with Crippen LogP contribution in [0, 0.1) is 6.92 Å². The third-order valence-corrected chi connectivity index (χ3v) is 5.68. The molecule has 188 valence electrons. The molecule has 1 amide bonds. The van der Waals surface area contributed by atoms with Crippen LogP contribution in [0.3, 0.4) is 0 Å². The first-order valence-corrected chi connectivity index (χ1v) is 11.5. The van der Waals surface area contributed by atoms with Crippen LogP contribution in [-0.4, -0.2) is 40.9 Å². The van der Waals surface area contributed by atoms with Crippen molar-refractivity contribution in [1.29, 1.82) is 0 Å². The molecule has 0 aliphatic heterocycles. The van der Waals surface area contributed by atoms with Gasteiger partial charge in [0.05, 0.1) is 31.4 Å². The number of anilines is 1. The number of hydrogen-bond acceptors (Lipinski definition) is 7. The first-order chi connectivity index (χ1) is 17.2. The summed E-state index contributed by atoms with van der Waals surface area (Å²) in [4.78, 5) is 57.6. The highest BCUT2D eigenvalue weighted by molar-refractivity contribution is 6.30. The number of rotatable bonds is 9. The Morgan fingerprint density at radius 1 is 1.17 bits per heavy atom. The van der Waals surface area contributed by atoms with E-state index in [1.54, 1.807) is 44.2 Å². The minimum absolute atomic E-state index is 0.0725. The molecule has 1 unspecified atom stereocenters. The molecule has 1 aromatic carbocycles. The lowest BCUT2D eigenvalue weighted by molar-refractivity contribution is -0.146. The maximum absolute atomic E-state index is 13.7. The van der Waals surface area contributed by atoms with E-state index < -0.39 is 30.1 Å². The van der Waals surface area contributed by atoms with E-state index in [0.29, 0.717) is 16.1 Å². The SMILES string of the molecule is CCOC(=O)C(c1ccc(Cl)cc1)N(C(=O)CC(=O)c1cccnc1OC)c1cc(C)c(=O)n(C)c1. The van der Waals surface area contributed by atoms with Crippen LogP contribution in [0.25, 0.3) is 0 Å². The molecule has 0 fully saturated rings. The minimum atomic E-state index is -1.24. The van der Waals surface area contributed by atoms with Gasteiger partial charge in [-0.1, -0.05) is 23.7 Å². The molecule has 36 heavy (non-hydrogen) atoms. The zero-order valence-electron chi connectivity index (χ0n) is 20.4. The molecule has 0 saturated carbocycles. The van der Waals surface area contributed by atoms with Gasteiger partial charge >= 0.3 is 5.97 Å². The molecule has 0 aliphatic rings. The molecule has 3 aromatic rings. The summed E-state index contributed by atoms with van der Waals surface area (Å²) in [5, 5.41) is 0.441. The molecule has 0 N–H and O–H groups in total. The maximum Gasteiger partial charge on any atom is 0.333 e. The monoisotopic (exact) mass is 511 g/mol. The Bertz CT molecular complexity index is 1310. The van der Waals surface area contributed by atoms with Crippen molar-refractivity contribution in [3.63, 3.8) is 0 Å². The predicted molar refractivity (Wildman–Crippen MR) is 134 cm³/mol. The molecule has 9 nitrogen and oxygen atoms in total. The highest BCUT2D eigenvalue weighted by Crippen LogP contribution is 2.31. The second kappa shape index (κ2) is 11.6. The normalized spacial score (nSPS) is 11.5. The van der Waals surface area contributed by atoms with Crippen LogP contribution in [-0.2, 0) is 21.4 Å². The van der Waals surface area contributed by atoms with Gasteiger partial charge in [-0.2, -0.15) is 0 Å². The van der Waals surface area contributed by atoms with E-state index in [4.69, 9.17) is 21.1 Å². The third-order valence-electron chi connectivity index (χ3n) is 5.43. The van der Waals surface area contributed by atoms with Gasteiger partial charge < -0.3 is 14.0 Å². The smallest absolute Gasteiger partial charge is 0.333 e. The number of halogens is 1. The van der Waals surface area contributed by atoms with Gasteiger partial charge in [0.25, 0.3) is 5.56 Å². The number of Topliss-reactive ketones (excluding diaryl/α,β-unsaturated/α-hetero) is 1. The summed E-state index contributed by atoms with van der Waals surface area (Å²) in [6.07, 6.45) is 2.31. The van der Waals surface area contributed by atoms with E-state index in [1.807, 2.05) is 0 Å². The van der Waals surface area contributed by atoms with E-state index in [0.717, 1.165) is 0 Å². The predicted octanol–water partition coefficient (Wildman–Crippen LogP) is 3.66. The number of nitrogens with zero attached hydrogens (tertiary/aromatic N) is 3. The number of aromatic nitrogens is 2. The largest absolute Gasteiger partial charge is 0.480 e. The standard InChI is InChI=1S/C26H26ClN3O6/c1-5-36-26(34)23(17-8-10-18(27)11-9-17)30(19-13-16(2)25(33)29(3)15-19)22(32)14-21(31)20-7-6-12-28-24(20)35-4/h6-13,15,23H,5,14H2,1-4H3. The van der Waals surface area contributed by atoms with Crippen molar-refractivity contribution in [3.05, 3.63) is 86.9 Å². The van der Waals surface area contributed by atoms with Gasteiger partial charge in [0.2, 0.25) is 11.8 Å². The van der Waals surface area contributed by atoms with Gasteiger partial charge in [0.1, 0.15) is 0 Å². The van der Waals surface area contributed by atoms with Crippen molar-refractivity contribution in [1.82, 2.24) is 9.55 Å². The summed E-state index contributed by atoms with van der Waals surface area (Å²) < 4.78 is 11.8. The number of pyridine rings is 2. The fourth-order valence-electron chi connectivity index (χ4n) is 3.77. The van der Waals surface area contributed by atoms with Gasteiger partial charge in [-0.25, -0.2) is 9.78 Å². The summed E-state index contributed by atoms with van der Waals surface area (Å²) in [6, 6.07) is 9.70. The Morgan fingerprint density at radius 2 is 1.86 bits per heavy atom. The summed E-state index contributed by atoms with van der Waals surface area (Å²) in [5.74, 6) is -1.85. The van der Waals surface area contributed by atoms with Crippen LogP contribution in [0.5, 0.6) is 5.88 Å². The molecule has 0 spiro atoms. The molecule has 1 atom stereocenters. The molecular formula is C26H26ClN3O6. The number of ether oxygens (including phenoxy) is 2. The van der Waals surface area contributed by atoms with Gasteiger partial charge in [-0.15, -0.1) is 0 Å². The minimum Gasteiger partial charge on any atom is -0.480 e. The molecule has 2 aromatic heterocycles. The Labute approximate surface area is 213 Å². The fraction of sp³-hybridized carbons (Fsp3) is 0.269. The average molecular weight is 512 g/mol. The quantitative estimate of drug-likeness (QED) is 0.245. The Hall–Kier alpha value is -3.98. The number of methoxy groups -OCH3 is 1. The average Bonchev–Trinajstić information content (AvgIpc) is 2.86. The second-order valence-corrected chi connectivity index (χ2v) is 8.36. The first-order valence-electron chi connectivity index (χ1n) is 11.1. The van der Waals surface area contributed by atoms with Crippen LogP contribution in [0.4, 0.5) is 5.69 Å². The summed E-state index contributed by atoms with van der Waals surface area (Å²) in [5.41, 5.74) is 0.889. The van der Waals surface area contributed by atoms with Crippen molar-refractivity contribution in [3.8, 4) is 5.88 Å². The highest BCUT2D eigenvalue weighted by Gasteiger charge is 2.35. The number of hydrogen-bond donors (Lipinski definition) is 0. The molecular weight excluding hydrogens is 486 g/mol. The van der Waals surface area contributed by atoms with E-state index in [1.165, 1.54) is 48.2 Å². The van der Waals surface area contributed by atoms with Crippen molar-refractivity contribution in [2.45, 2.75) is 26.3 Å². The van der Waals surface area contributed by atoms with E-state index >= 15 is 0 Å². The van der Waals surface area contributed by atoms with Crippen LogP contribution in [0.2, 0.25) is 5.02 Å². The molecule has 10 heteroatoms. The summed E-state index contributed by atoms with van der Waals surface area (Å²) >= 11 is 6.04. The highest BCUT2D eigenvalue weighted by atomic mass is 35.5. The number of benzene rings is 1. The first kappa shape index (κ1) is 26.6. The van der Waals surface area contributed by atoms with Gasteiger partial charge in [-0.05, 0) is 49.7 Å². The zero-order valence-corrected chi connectivity index (χ0v) is 21.1. The van der Waals surface area contributed by atoms with Gasteiger partial charge in [0.15, 0.2) is 11.8 Å². The molecule has 3 rings (SSSR count). The number of carbonyl (C=O) groups is 3. The van der Waals surface area contributed by atoms with Crippen LogP contribution >= 0.6 is 11.6 Å². The zero-order chi connectivity index (χ0) is 26.4. The van der Waals surface area contributed by atoms with Crippen LogP contribution in [0.1, 0.15) is 40.9 Å². The number of esters is 1. The van der Waals surface area contributed by atoms with Crippen molar-refractivity contribution >= 4 is 34.9 Å². The number of amides is 1. The molecule has 0 saturated heterocycles. The fourth-order valence-corrected chi connectivity index (χ4v) is 3.89. The van der Waals surface area contributed by atoms with Crippen molar-refractivity contribution in [2.24, 2.45) is 7.05 Å². The summed E-state index contributed by atoms with van der Waals surface area (Å²) in [7, 11) is 2.91. The Balaban J connectivity index is 2.15. The lowest BCUT2D eigenvalue weighted by atomic mass is 10.0. The molecule has 0 bridgehead atoms. The van der Waals surface area contributed by atoms with Crippen LogP contribution < -0.4 is 15.2 Å². The molecule has 2 heterocycles. The third kappa shape index (κ3) is 5.80. The topological polar surface area (TPSA) is 108 Å². The van der Waals surface area contributed by atoms with E-state index in [-0.39, 0.29) is 29.3 Å². The van der Waals surface area contributed by atoms with Gasteiger partial charge in [0, 0.05) is 30.0 Å². The van der Waals surface area contributed by atoms with Crippen LogP contribution in [0.15, 0.2) is 59.7 Å². The molecule has 0 aliphatic carbocycles. The summed E-state index contributed by atoms with van der Waals surface area (Å²) in [6.45, 7) is 3.32. The Morgan fingerprint density at radius 3 is 2.47 bits per heavy atom. The van der Waals surface area contributed by atoms with E-state index in [9.17, 15) is 19.2 Å². The number of carbonyl (C=O) groups excluding carboxylic acids is 3. The van der Waals surface area contributed by atoms with E-state index in [2.05, 4.69) is 4.98 Å². The van der Waals surface area contributed by atoms with Crippen molar-refractivity contribution in [2.75, 3.05) is 18.6 Å². The number of aryl methyl sites for hydroxylation is 2. The molecule has 0 radical (unpaired) electrons. The second-order valence-electron chi connectivity index (χ2n) is 7.93. The lowest BCUT2D eigenvalue weighted by Gasteiger charge is -2.31. The maximum atomic E-state index is 13.7. The number of ketones is 1. The van der Waals surface area contributed by atoms with Gasteiger partial charge in [-0.3, -0.25) is 19.3 Å². The van der Waals surface area contributed by atoms with Crippen molar-refractivity contribution < 1.29 is 23.9 Å². The lowest BCUT2D eigenvalue weighted by Crippen LogP contribution is -2.41.